The Morgan fingerprint density at radius 1 is 1.04 bits per heavy atom. The fourth-order valence-electron chi connectivity index (χ4n) is 2.82. The molecule has 2 rings (SSSR count). The molecule has 1 heterocycles. The van der Waals surface area contributed by atoms with Crippen molar-refractivity contribution < 1.29 is 4.79 Å². The minimum Gasteiger partial charge on any atom is -0.358 e. The summed E-state index contributed by atoms with van der Waals surface area (Å²) >= 11 is 5.62. The smallest absolute Gasteiger partial charge is 0.243 e. The lowest BCUT2D eigenvalue weighted by Gasteiger charge is -2.40. The van der Waals surface area contributed by atoms with Gasteiger partial charge in [0.25, 0.3) is 0 Å². The second-order valence-electron chi connectivity index (χ2n) is 8.54. The fraction of sp³-hybridized carbons (Fsp3) is 0.579. The summed E-state index contributed by atoms with van der Waals surface area (Å²) in [6.45, 7) is 12.9. The second kappa shape index (κ2) is 6.71. The Balaban J connectivity index is 2.29. The number of hydrogen-bond acceptors (Lipinski definition) is 2. The minimum absolute atomic E-state index is 0.0232. The van der Waals surface area contributed by atoms with Crippen LogP contribution in [0.3, 0.4) is 0 Å². The quantitative estimate of drug-likeness (QED) is 0.767. The van der Waals surface area contributed by atoms with E-state index in [1.807, 2.05) is 37.8 Å². The zero-order chi connectivity index (χ0) is 18.1. The monoisotopic (exact) mass is 347 g/mol. The summed E-state index contributed by atoms with van der Waals surface area (Å²) in [7, 11) is 0. The molecule has 0 aromatic heterocycles. The van der Waals surface area contributed by atoms with Crippen molar-refractivity contribution in [3.05, 3.63) is 35.4 Å². The summed E-state index contributed by atoms with van der Waals surface area (Å²) in [5.41, 5.74) is 2.05. The molecule has 0 aliphatic carbocycles. The molecule has 1 aliphatic rings. The molecule has 1 aromatic carbocycles. The highest BCUT2D eigenvalue weighted by Crippen LogP contribution is 2.24. The lowest BCUT2D eigenvalue weighted by molar-refractivity contribution is -0.127. The van der Waals surface area contributed by atoms with E-state index in [9.17, 15) is 4.79 Å². The number of rotatable bonds is 1. The highest BCUT2D eigenvalue weighted by Gasteiger charge is 2.35. The lowest BCUT2D eigenvalue weighted by atomic mass is 9.93. The SMILES string of the molecule is CC(C)(C)NC(=O)C1Cc2ccccc2CN1C(=S)NC(C)(C)C. The van der Waals surface area contributed by atoms with E-state index in [1.165, 1.54) is 11.1 Å². The maximum atomic E-state index is 12.9. The van der Waals surface area contributed by atoms with Gasteiger partial charge in [0.05, 0.1) is 0 Å². The Hall–Kier alpha value is -1.62. The van der Waals surface area contributed by atoms with E-state index in [1.54, 1.807) is 0 Å². The van der Waals surface area contributed by atoms with Gasteiger partial charge in [-0.1, -0.05) is 24.3 Å². The van der Waals surface area contributed by atoms with E-state index in [2.05, 4.69) is 43.5 Å². The van der Waals surface area contributed by atoms with Crippen LogP contribution < -0.4 is 10.6 Å². The zero-order valence-corrected chi connectivity index (χ0v) is 16.4. The van der Waals surface area contributed by atoms with E-state index in [-0.39, 0.29) is 23.0 Å². The number of thiocarbonyl (C=S) groups is 1. The molecule has 4 nitrogen and oxygen atoms in total. The molecule has 24 heavy (non-hydrogen) atoms. The van der Waals surface area contributed by atoms with Crippen molar-refractivity contribution in [1.29, 1.82) is 0 Å². The van der Waals surface area contributed by atoms with E-state index >= 15 is 0 Å². The van der Waals surface area contributed by atoms with Crippen molar-refractivity contribution in [2.75, 3.05) is 0 Å². The predicted octanol–water partition coefficient (Wildman–Crippen LogP) is 3.00. The molecule has 0 spiro atoms. The first-order valence-electron chi connectivity index (χ1n) is 8.44. The molecule has 0 saturated heterocycles. The van der Waals surface area contributed by atoms with Gasteiger partial charge in [-0.05, 0) is 64.9 Å². The molecule has 1 aliphatic heterocycles. The van der Waals surface area contributed by atoms with Gasteiger partial charge in [-0.2, -0.15) is 0 Å². The molecule has 1 unspecified atom stereocenters. The van der Waals surface area contributed by atoms with E-state index in [0.717, 1.165) is 0 Å². The van der Waals surface area contributed by atoms with Gasteiger partial charge in [-0.25, -0.2) is 0 Å². The van der Waals surface area contributed by atoms with Gasteiger partial charge in [-0.15, -0.1) is 0 Å². The number of fused-ring (bicyclic) bond motifs is 1. The maximum absolute atomic E-state index is 12.9. The summed E-state index contributed by atoms with van der Waals surface area (Å²) in [6, 6.07) is 7.98. The van der Waals surface area contributed by atoms with Gasteiger partial charge >= 0.3 is 0 Å². The Morgan fingerprint density at radius 3 is 2.12 bits per heavy atom. The topological polar surface area (TPSA) is 44.4 Å². The number of benzene rings is 1. The van der Waals surface area contributed by atoms with Crippen molar-refractivity contribution in [2.24, 2.45) is 0 Å². The number of carbonyl (C=O) groups excluding carboxylic acids is 1. The minimum atomic E-state index is -0.290. The third kappa shape index (κ3) is 4.94. The summed E-state index contributed by atoms with van der Waals surface area (Å²) in [6.07, 6.45) is 0.671. The van der Waals surface area contributed by atoms with Crippen LogP contribution >= 0.6 is 12.2 Å². The summed E-state index contributed by atoms with van der Waals surface area (Å²) in [4.78, 5) is 14.9. The van der Waals surface area contributed by atoms with E-state index in [4.69, 9.17) is 12.2 Å². The molecular weight excluding hydrogens is 318 g/mol. The standard InChI is InChI=1S/C19H29N3OS/c1-18(2,3)20-16(23)15-11-13-9-7-8-10-14(13)12-22(15)17(24)21-19(4,5)6/h7-10,15H,11-12H2,1-6H3,(H,20,23)(H,21,24). The number of amides is 1. The molecule has 1 atom stereocenters. The average Bonchev–Trinajstić information content (AvgIpc) is 2.42. The first-order valence-corrected chi connectivity index (χ1v) is 8.85. The molecule has 1 amide bonds. The lowest BCUT2D eigenvalue weighted by Crippen LogP contribution is -2.59. The van der Waals surface area contributed by atoms with Crippen LogP contribution in [0.5, 0.6) is 0 Å². The normalized spacial score (nSPS) is 17.9. The summed E-state index contributed by atoms with van der Waals surface area (Å²) in [5.74, 6) is 0.0232. The van der Waals surface area contributed by atoms with Crippen molar-refractivity contribution >= 4 is 23.2 Å². The summed E-state index contributed by atoms with van der Waals surface area (Å²) in [5, 5.41) is 7.07. The van der Waals surface area contributed by atoms with Crippen LogP contribution in [0.25, 0.3) is 0 Å². The largest absolute Gasteiger partial charge is 0.358 e. The highest BCUT2D eigenvalue weighted by molar-refractivity contribution is 7.80. The predicted molar refractivity (Wildman–Crippen MR) is 103 cm³/mol. The Kier molecular flexibility index (Phi) is 5.23. The number of nitrogens with zero attached hydrogens (tertiary/aromatic N) is 1. The van der Waals surface area contributed by atoms with Gasteiger partial charge in [0.1, 0.15) is 6.04 Å². The molecule has 0 saturated carbocycles. The fourth-order valence-corrected chi connectivity index (χ4v) is 3.31. The van der Waals surface area contributed by atoms with Crippen LogP contribution in [0.15, 0.2) is 24.3 Å². The van der Waals surface area contributed by atoms with Gasteiger partial charge < -0.3 is 15.5 Å². The van der Waals surface area contributed by atoms with Crippen LogP contribution in [0.2, 0.25) is 0 Å². The van der Waals surface area contributed by atoms with Crippen molar-refractivity contribution in [3.63, 3.8) is 0 Å². The summed E-state index contributed by atoms with van der Waals surface area (Å²) < 4.78 is 0. The number of carbonyl (C=O) groups is 1. The van der Waals surface area contributed by atoms with Crippen LogP contribution in [-0.4, -0.2) is 33.0 Å². The third-order valence-electron chi connectivity index (χ3n) is 3.79. The van der Waals surface area contributed by atoms with E-state index in [0.29, 0.717) is 18.1 Å². The van der Waals surface area contributed by atoms with Crippen LogP contribution in [-0.2, 0) is 17.8 Å². The second-order valence-corrected chi connectivity index (χ2v) is 8.92. The molecule has 2 N–H and O–H groups in total. The van der Waals surface area contributed by atoms with Gasteiger partial charge in [-0.3, -0.25) is 4.79 Å². The van der Waals surface area contributed by atoms with Crippen molar-refractivity contribution in [2.45, 2.75) is 71.6 Å². The third-order valence-corrected chi connectivity index (χ3v) is 4.13. The van der Waals surface area contributed by atoms with Crippen LogP contribution in [0.4, 0.5) is 0 Å². The molecule has 0 fully saturated rings. The molecule has 132 valence electrons. The first kappa shape index (κ1) is 18.7. The molecule has 0 bridgehead atoms. The Labute approximate surface area is 151 Å². The zero-order valence-electron chi connectivity index (χ0n) is 15.6. The highest BCUT2D eigenvalue weighted by atomic mass is 32.1. The molecule has 1 aromatic rings. The number of hydrogen-bond donors (Lipinski definition) is 2. The Morgan fingerprint density at radius 2 is 1.58 bits per heavy atom. The van der Waals surface area contributed by atoms with Gasteiger partial charge in [0, 0.05) is 24.0 Å². The number of nitrogens with one attached hydrogen (secondary N) is 2. The van der Waals surface area contributed by atoms with Crippen LogP contribution in [0.1, 0.15) is 52.7 Å². The molecule has 0 radical (unpaired) electrons. The first-order chi connectivity index (χ1) is 11.0. The maximum Gasteiger partial charge on any atom is 0.243 e. The van der Waals surface area contributed by atoms with Crippen LogP contribution in [0, 0.1) is 0 Å². The van der Waals surface area contributed by atoms with Gasteiger partial charge in [0.15, 0.2) is 5.11 Å². The van der Waals surface area contributed by atoms with Gasteiger partial charge in [0.2, 0.25) is 5.91 Å². The van der Waals surface area contributed by atoms with Crippen molar-refractivity contribution in [3.8, 4) is 0 Å². The average molecular weight is 348 g/mol. The van der Waals surface area contributed by atoms with Crippen molar-refractivity contribution in [1.82, 2.24) is 15.5 Å². The molecular formula is C19H29N3OS. The molecule has 5 heteroatoms. The Bertz CT molecular complexity index is 573. The van der Waals surface area contributed by atoms with E-state index < -0.39 is 0 Å².